The van der Waals surface area contributed by atoms with Gasteiger partial charge in [0.2, 0.25) is 0 Å². The van der Waals surface area contributed by atoms with E-state index in [0.717, 1.165) is 23.8 Å². The van der Waals surface area contributed by atoms with Gasteiger partial charge in [-0.2, -0.15) is 18.3 Å². The Kier molecular flexibility index (Phi) is 7.91. The van der Waals surface area contributed by atoms with Gasteiger partial charge in [-0.05, 0) is 61.0 Å². The van der Waals surface area contributed by atoms with Gasteiger partial charge in [0, 0.05) is 16.3 Å². The van der Waals surface area contributed by atoms with Crippen molar-refractivity contribution in [1.29, 1.82) is 0 Å². The van der Waals surface area contributed by atoms with E-state index in [1.54, 1.807) is 37.3 Å². The molecule has 3 rings (SSSR count). The minimum Gasteiger partial charge on any atom is -0.489 e. The molecule has 0 saturated carbocycles. The monoisotopic (exact) mass is 489 g/mol. The summed E-state index contributed by atoms with van der Waals surface area (Å²) in [5, 5.41) is 6.58. The van der Waals surface area contributed by atoms with Crippen molar-refractivity contribution in [2.45, 2.75) is 19.7 Å². The summed E-state index contributed by atoms with van der Waals surface area (Å²) >= 11 is 6.11. The highest BCUT2D eigenvalue weighted by molar-refractivity contribution is 6.39. The highest BCUT2D eigenvalue weighted by Gasteiger charge is 2.30. The molecular weight excluding hydrogens is 471 g/mol. The van der Waals surface area contributed by atoms with Gasteiger partial charge < -0.3 is 10.1 Å². The molecule has 0 fully saturated rings. The number of carbonyl (C=O) groups excluding carboxylic acids is 2. The van der Waals surface area contributed by atoms with Gasteiger partial charge in [0.05, 0.1) is 11.3 Å². The number of hydrazone groups is 1. The lowest BCUT2D eigenvalue weighted by atomic mass is 10.1. The van der Waals surface area contributed by atoms with E-state index in [4.69, 9.17) is 16.3 Å². The Morgan fingerprint density at radius 1 is 0.971 bits per heavy atom. The highest BCUT2D eigenvalue weighted by Crippen LogP contribution is 2.30. The lowest BCUT2D eigenvalue weighted by Gasteiger charge is -2.10. The summed E-state index contributed by atoms with van der Waals surface area (Å²) < 4.78 is 44.0. The molecule has 0 saturated heterocycles. The molecular formula is C24H19ClF3N3O3. The van der Waals surface area contributed by atoms with Crippen molar-refractivity contribution in [3.05, 3.63) is 94.5 Å². The van der Waals surface area contributed by atoms with Gasteiger partial charge in [-0.3, -0.25) is 9.59 Å². The van der Waals surface area contributed by atoms with Crippen LogP contribution in [0.25, 0.3) is 0 Å². The van der Waals surface area contributed by atoms with Gasteiger partial charge in [0.25, 0.3) is 0 Å². The molecule has 0 spiro atoms. The number of carbonyl (C=O) groups is 2. The molecule has 0 atom stereocenters. The first kappa shape index (κ1) is 24.8. The molecule has 0 unspecified atom stereocenters. The summed E-state index contributed by atoms with van der Waals surface area (Å²) in [4.78, 5) is 24.0. The zero-order valence-electron chi connectivity index (χ0n) is 17.8. The molecule has 0 aliphatic rings. The minimum atomic E-state index is -4.57. The zero-order chi connectivity index (χ0) is 24.7. The Balaban J connectivity index is 1.55. The first-order valence-electron chi connectivity index (χ1n) is 9.93. The van der Waals surface area contributed by atoms with Crippen LogP contribution in [0.1, 0.15) is 23.6 Å². The normalized spacial score (nSPS) is 11.6. The van der Waals surface area contributed by atoms with Crippen molar-refractivity contribution in [3.63, 3.8) is 0 Å². The van der Waals surface area contributed by atoms with Gasteiger partial charge in [0.1, 0.15) is 12.4 Å². The molecule has 10 heteroatoms. The highest BCUT2D eigenvalue weighted by atomic mass is 35.5. The van der Waals surface area contributed by atoms with E-state index < -0.39 is 23.6 Å². The molecule has 0 aliphatic heterocycles. The summed E-state index contributed by atoms with van der Waals surface area (Å²) in [6.07, 6.45) is -4.57. The van der Waals surface area contributed by atoms with Crippen LogP contribution in [-0.2, 0) is 22.4 Å². The van der Waals surface area contributed by atoms with E-state index in [1.807, 2.05) is 18.2 Å². The molecule has 0 aliphatic carbocycles. The molecule has 6 nitrogen and oxygen atoms in total. The SMILES string of the molecule is C/C(=N\NC(=O)C(=O)Nc1cccc(C(F)(F)F)c1)c1ccc(OCc2ccccc2Cl)cc1. The molecule has 34 heavy (non-hydrogen) atoms. The summed E-state index contributed by atoms with van der Waals surface area (Å²) in [5.41, 5.74) is 2.87. The number of rotatable bonds is 6. The van der Waals surface area contributed by atoms with Crippen LogP contribution in [0.15, 0.2) is 77.9 Å². The van der Waals surface area contributed by atoms with Gasteiger partial charge >= 0.3 is 18.0 Å². The Morgan fingerprint density at radius 3 is 2.35 bits per heavy atom. The van der Waals surface area contributed by atoms with Gasteiger partial charge in [-0.15, -0.1) is 0 Å². The smallest absolute Gasteiger partial charge is 0.416 e. The number of ether oxygens (including phenoxy) is 1. The molecule has 3 aromatic carbocycles. The lowest BCUT2D eigenvalue weighted by Crippen LogP contribution is -2.33. The average Bonchev–Trinajstić information content (AvgIpc) is 2.81. The number of benzene rings is 3. The second-order valence-corrected chi connectivity index (χ2v) is 7.48. The maximum absolute atomic E-state index is 12.8. The van der Waals surface area contributed by atoms with Crippen LogP contribution in [0.4, 0.5) is 18.9 Å². The fourth-order valence-corrected chi connectivity index (χ4v) is 2.97. The number of nitrogens with one attached hydrogen (secondary N) is 2. The molecule has 176 valence electrons. The zero-order valence-corrected chi connectivity index (χ0v) is 18.6. The van der Waals surface area contributed by atoms with Gasteiger partial charge in [0.15, 0.2) is 0 Å². The van der Waals surface area contributed by atoms with Crippen LogP contribution in [0.2, 0.25) is 5.02 Å². The van der Waals surface area contributed by atoms with E-state index in [2.05, 4.69) is 15.8 Å². The van der Waals surface area contributed by atoms with E-state index in [1.165, 1.54) is 6.07 Å². The van der Waals surface area contributed by atoms with E-state index in [9.17, 15) is 22.8 Å². The second kappa shape index (κ2) is 10.8. The summed E-state index contributed by atoms with van der Waals surface area (Å²) in [5.74, 6) is -1.68. The van der Waals surface area contributed by atoms with Crippen LogP contribution in [0, 0.1) is 0 Å². The summed E-state index contributed by atoms with van der Waals surface area (Å²) in [6, 6.07) is 18.2. The molecule has 0 heterocycles. The van der Waals surface area contributed by atoms with Crippen molar-refractivity contribution in [2.75, 3.05) is 5.32 Å². The molecule has 0 bridgehead atoms. The molecule has 3 aromatic rings. The summed E-state index contributed by atoms with van der Waals surface area (Å²) in [6.45, 7) is 1.91. The average molecular weight is 490 g/mol. The predicted molar refractivity (Wildman–Crippen MR) is 123 cm³/mol. The number of hydrogen-bond donors (Lipinski definition) is 2. The van der Waals surface area contributed by atoms with Crippen molar-refractivity contribution in [3.8, 4) is 5.75 Å². The minimum absolute atomic E-state index is 0.164. The Morgan fingerprint density at radius 2 is 1.68 bits per heavy atom. The fraction of sp³-hybridized carbons (Fsp3) is 0.125. The number of halogens is 4. The van der Waals surface area contributed by atoms with Crippen molar-refractivity contribution < 1.29 is 27.5 Å². The first-order chi connectivity index (χ1) is 16.1. The fourth-order valence-electron chi connectivity index (χ4n) is 2.78. The number of amides is 2. The van der Waals surface area contributed by atoms with Crippen molar-refractivity contribution in [1.82, 2.24) is 5.43 Å². The maximum atomic E-state index is 12.8. The van der Waals surface area contributed by atoms with Crippen LogP contribution in [0.5, 0.6) is 5.75 Å². The van der Waals surface area contributed by atoms with Crippen LogP contribution in [-0.4, -0.2) is 17.5 Å². The summed E-state index contributed by atoms with van der Waals surface area (Å²) in [7, 11) is 0. The number of nitrogens with zero attached hydrogens (tertiary/aromatic N) is 1. The van der Waals surface area contributed by atoms with Crippen LogP contribution >= 0.6 is 11.6 Å². The third-order valence-electron chi connectivity index (χ3n) is 4.60. The van der Waals surface area contributed by atoms with Crippen LogP contribution in [0.3, 0.4) is 0 Å². The molecule has 2 N–H and O–H groups in total. The predicted octanol–water partition coefficient (Wildman–Crippen LogP) is 5.42. The van der Waals surface area contributed by atoms with Crippen molar-refractivity contribution >= 4 is 34.8 Å². The quantitative estimate of drug-likeness (QED) is 0.276. The maximum Gasteiger partial charge on any atom is 0.416 e. The van der Waals surface area contributed by atoms with Crippen LogP contribution < -0.4 is 15.5 Å². The van der Waals surface area contributed by atoms with Gasteiger partial charge in [-0.1, -0.05) is 35.9 Å². The number of anilines is 1. The third-order valence-corrected chi connectivity index (χ3v) is 4.97. The Labute approximate surface area is 198 Å². The molecule has 2 amide bonds. The molecule has 0 radical (unpaired) electrons. The van der Waals surface area contributed by atoms with Crippen molar-refractivity contribution in [2.24, 2.45) is 5.10 Å². The van der Waals surface area contributed by atoms with E-state index >= 15 is 0 Å². The van der Waals surface area contributed by atoms with Gasteiger partial charge in [-0.25, -0.2) is 5.43 Å². The second-order valence-electron chi connectivity index (χ2n) is 7.08. The molecule has 0 aromatic heterocycles. The van der Waals surface area contributed by atoms with E-state index in [-0.39, 0.29) is 5.69 Å². The lowest BCUT2D eigenvalue weighted by molar-refractivity contribution is -0.137. The standard InChI is InChI=1S/C24H19ClF3N3O3/c1-15(16-9-11-20(12-10-16)34-14-17-5-2-3-8-21(17)25)30-31-23(33)22(32)29-19-7-4-6-18(13-19)24(26,27)28/h2-13H,14H2,1H3,(H,29,32)(H,31,33)/b30-15+. The first-order valence-corrected chi connectivity index (χ1v) is 10.3. The number of hydrogen-bond acceptors (Lipinski definition) is 4. The van der Waals surface area contributed by atoms with E-state index in [0.29, 0.717) is 28.7 Å². The topological polar surface area (TPSA) is 79.8 Å². The Bertz CT molecular complexity index is 1210. The number of alkyl halides is 3. The largest absolute Gasteiger partial charge is 0.489 e. The third kappa shape index (κ3) is 6.82. The Hall–Kier alpha value is -3.85.